The van der Waals surface area contributed by atoms with Crippen molar-refractivity contribution in [2.45, 2.75) is 13.8 Å². The molecule has 1 N–H and O–H groups in total. The molecule has 0 fully saturated rings. The molecule has 2 heterocycles. The van der Waals surface area contributed by atoms with Crippen molar-refractivity contribution < 1.29 is 14.8 Å². The smallest absolute Gasteiger partial charge is 0.354 e. The average molecular weight is 341 g/mol. The minimum atomic E-state index is -1.26. The molecule has 104 valence electrons. The first-order valence-corrected chi connectivity index (χ1v) is 6.23. The van der Waals surface area contributed by atoms with E-state index in [1.807, 2.05) is 0 Å². The van der Waals surface area contributed by atoms with Gasteiger partial charge in [-0.2, -0.15) is 5.10 Å². The van der Waals surface area contributed by atoms with Crippen LogP contribution < -0.4 is 0 Å². The van der Waals surface area contributed by atoms with E-state index in [1.165, 1.54) is 4.68 Å². The van der Waals surface area contributed by atoms with Crippen LogP contribution in [0.4, 0.5) is 5.69 Å². The third-order valence-corrected chi connectivity index (χ3v) is 3.82. The molecular formula is C11H9BrN4O4. The highest BCUT2D eigenvalue weighted by atomic mass is 79.9. The number of aryl methyl sites for hydroxylation is 1. The Balaban J connectivity index is 2.75. The molecule has 0 radical (unpaired) electrons. The summed E-state index contributed by atoms with van der Waals surface area (Å²) >= 11 is 3.31. The highest BCUT2D eigenvalue weighted by Crippen LogP contribution is 2.27. The summed E-state index contributed by atoms with van der Waals surface area (Å²) in [5.74, 6) is -1.39. The Morgan fingerprint density at radius 2 is 2.10 bits per heavy atom. The van der Waals surface area contributed by atoms with Crippen molar-refractivity contribution in [1.29, 1.82) is 0 Å². The Kier molecular flexibility index (Phi) is 3.53. The number of hydrogen-bond acceptors (Lipinski definition) is 5. The van der Waals surface area contributed by atoms with Gasteiger partial charge in [-0.3, -0.25) is 10.1 Å². The van der Waals surface area contributed by atoms with E-state index < -0.39 is 10.9 Å². The maximum Gasteiger partial charge on any atom is 0.354 e. The van der Waals surface area contributed by atoms with E-state index >= 15 is 0 Å². The Morgan fingerprint density at radius 3 is 2.55 bits per heavy atom. The van der Waals surface area contributed by atoms with Crippen molar-refractivity contribution in [2.75, 3.05) is 0 Å². The number of carboxylic acid groups (broad SMARTS) is 1. The van der Waals surface area contributed by atoms with E-state index in [1.54, 1.807) is 13.8 Å². The van der Waals surface area contributed by atoms with Gasteiger partial charge in [0.05, 0.1) is 20.8 Å². The van der Waals surface area contributed by atoms with Crippen LogP contribution in [0.2, 0.25) is 0 Å². The Bertz CT molecular complexity index is 725. The monoisotopic (exact) mass is 340 g/mol. The second kappa shape index (κ2) is 5.00. The van der Waals surface area contributed by atoms with Crippen molar-refractivity contribution in [3.05, 3.63) is 43.8 Å². The molecule has 0 aliphatic carbocycles. The largest absolute Gasteiger partial charge is 0.477 e. The molecule has 2 aromatic heterocycles. The number of aromatic nitrogens is 3. The molecular weight excluding hydrogens is 332 g/mol. The second-order valence-corrected chi connectivity index (χ2v) is 4.79. The van der Waals surface area contributed by atoms with E-state index in [0.717, 1.165) is 12.1 Å². The number of halogens is 1. The van der Waals surface area contributed by atoms with Gasteiger partial charge < -0.3 is 5.11 Å². The first-order chi connectivity index (χ1) is 9.32. The number of pyridine rings is 1. The standard InChI is InChI=1S/C11H9BrN4O4/c1-5-9(12)6(2)15(14-5)10-8(16(19)20)4-3-7(13-10)11(17)18/h3-4H,1-2H3,(H,17,18). The molecule has 0 bridgehead atoms. The number of hydrogen-bond donors (Lipinski definition) is 1. The molecule has 0 saturated heterocycles. The Hall–Kier alpha value is -2.29. The molecule has 0 saturated carbocycles. The lowest BCUT2D eigenvalue weighted by atomic mass is 10.3. The van der Waals surface area contributed by atoms with Crippen molar-refractivity contribution in [2.24, 2.45) is 0 Å². The van der Waals surface area contributed by atoms with Crippen LogP contribution in [0.3, 0.4) is 0 Å². The number of carboxylic acids is 1. The maximum atomic E-state index is 11.0. The van der Waals surface area contributed by atoms with Crippen LogP contribution in [0.1, 0.15) is 21.9 Å². The lowest BCUT2D eigenvalue weighted by Gasteiger charge is -2.05. The molecule has 0 atom stereocenters. The molecule has 0 aliphatic heterocycles. The molecule has 2 aromatic rings. The van der Waals surface area contributed by atoms with Crippen LogP contribution in [0.5, 0.6) is 0 Å². The van der Waals surface area contributed by atoms with Crippen molar-refractivity contribution in [3.63, 3.8) is 0 Å². The molecule has 8 nitrogen and oxygen atoms in total. The predicted octanol–water partition coefficient (Wildman–Crippen LogP) is 2.25. The number of aromatic carboxylic acids is 1. The van der Waals surface area contributed by atoms with Crippen LogP contribution in [-0.4, -0.2) is 30.8 Å². The summed E-state index contributed by atoms with van der Waals surface area (Å²) in [6.45, 7) is 3.42. The van der Waals surface area contributed by atoms with Crippen LogP contribution in [0.15, 0.2) is 16.6 Å². The minimum absolute atomic E-state index is 0.124. The highest BCUT2D eigenvalue weighted by molar-refractivity contribution is 9.10. The predicted molar refractivity (Wildman–Crippen MR) is 72.1 cm³/mol. The molecule has 20 heavy (non-hydrogen) atoms. The van der Waals surface area contributed by atoms with E-state index in [0.29, 0.717) is 15.9 Å². The third-order valence-electron chi connectivity index (χ3n) is 2.67. The molecule has 0 unspecified atom stereocenters. The van der Waals surface area contributed by atoms with E-state index in [-0.39, 0.29) is 17.2 Å². The fraction of sp³-hybridized carbons (Fsp3) is 0.182. The zero-order valence-corrected chi connectivity index (χ0v) is 12.1. The zero-order chi connectivity index (χ0) is 15.0. The topological polar surface area (TPSA) is 111 Å². The van der Waals surface area contributed by atoms with Crippen molar-refractivity contribution in [3.8, 4) is 5.82 Å². The minimum Gasteiger partial charge on any atom is -0.477 e. The summed E-state index contributed by atoms with van der Waals surface area (Å²) in [6.07, 6.45) is 0. The normalized spacial score (nSPS) is 10.6. The summed E-state index contributed by atoms with van der Waals surface area (Å²) in [4.78, 5) is 25.2. The van der Waals surface area contributed by atoms with Gasteiger partial charge in [-0.25, -0.2) is 14.5 Å². The van der Waals surface area contributed by atoms with Gasteiger partial charge in [-0.1, -0.05) is 0 Å². The summed E-state index contributed by atoms with van der Waals surface area (Å²) in [5, 5.41) is 24.1. The van der Waals surface area contributed by atoms with Gasteiger partial charge in [0.2, 0.25) is 5.82 Å². The van der Waals surface area contributed by atoms with E-state index in [2.05, 4.69) is 26.0 Å². The number of carbonyl (C=O) groups is 1. The van der Waals surface area contributed by atoms with Crippen LogP contribution in [0, 0.1) is 24.0 Å². The molecule has 0 aliphatic rings. The summed E-state index contributed by atoms with van der Waals surface area (Å²) in [7, 11) is 0. The first kappa shape index (κ1) is 14.1. The van der Waals surface area contributed by atoms with Gasteiger partial charge in [-0.05, 0) is 35.8 Å². The van der Waals surface area contributed by atoms with Crippen LogP contribution in [-0.2, 0) is 0 Å². The Morgan fingerprint density at radius 1 is 1.45 bits per heavy atom. The lowest BCUT2D eigenvalue weighted by molar-refractivity contribution is -0.385. The lowest BCUT2D eigenvalue weighted by Crippen LogP contribution is -2.10. The zero-order valence-electron chi connectivity index (χ0n) is 10.5. The quantitative estimate of drug-likeness (QED) is 0.677. The van der Waals surface area contributed by atoms with Gasteiger partial charge in [-0.15, -0.1) is 0 Å². The number of rotatable bonds is 3. The third kappa shape index (κ3) is 2.27. The van der Waals surface area contributed by atoms with Gasteiger partial charge in [0.15, 0.2) is 5.69 Å². The summed E-state index contributed by atoms with van der Waals surface area (Å²) < 4.78 is 1.94. The molecule has 0 aromatic carbocycles. The first-order valence-electron chi connectivity index (χ1n) is 5.43. The fourth-order valence-electron chi connectivity index (χ4n) is 1.69. The summed E-state index contributed by atoms with van der Waals surface area (Å²) in [6, 6.07) is 2.20. The summed E-state index contributed by atoms with van der Waals surface area (Å²) in [5.41, 5.74) is 0.627. The second-order valence-electron chi connectivity index (χ2n) is 4.00. The SMILES string of the molecule is Cc1nn(-c2nc(C(=O)O)ccc2[N+](=O)[O-])c(C)c1Br. The highest BCUT2D eigenvalue weighted by Gasteiger charge is 2.23. The van der Waals surface area contributed by atoms with Crippen LogP contribution >= 0.6 is 15.9 Å². The number of nitro groups is 1. The molecule has 0 amide bonds. The van der Waals surface area contributed by atoms with Crippen molar-refractivity contribution in [1.82, 2.24) is 14.8 Å². The van der Waals surface area contributed by atoms with Crippen LogP contribution in [0.25, 0.3) is 5.82 Å². The average Bonchev–Trinajstić information content (AvgIpc) is 2.65. The van der Waals surface area contributed by atoms with Crippen molar-refractivity contribution >= 4 is 27.6 Å². The van der Waals surface area contributed by atoms with E-state index in [9.17, 15) is 14.9 Å². The Labute approximate surface area is 121 Å². The van der Waals surface area contributed by atoms with Gasteiger partial charge >= 0.3 is 11.7 Å². The maximum absolute atomic E-state index is 11.0. The van der Waals surface area contributed by atoms with Gasteiger partial charge in [0.25, 0.3) is 0 Å². The van der Waals surface area contributed by atoms with Gasteiger partial charge in [0.1, 0.15) is 0 Å². The molecule has 0 spiro atoms. The van der Waals surface area contributed by atoms with Gasteiger partial charge in [0, 0.05) is 6.07 Å². The molecule has 2 rings (SSSR count). The fourth-order valence-corrected chi connectivity index (χ4v) is 1.94. The number of nitrogens with zero attached hydrogens (tertiary/aromatic N) is 4. The van der Waals surface area contributed by atoms with E-state index in [4.69, 9.17) is 5.11 Å². The molecule has 9 heteroatoms.